The van der Waals surface area contributed by atoms with Gasteiger partial charge in [-0.05, 0) is 47.4 Å². The first-order valence-electron chi connectivity index (χ1n) is 12.6. The molecule has 0 spiro atoms. The van der Waals surface area contributed by atoms with Crippen LogP contribution in [0.15, 0.2) is 48.5 Å². The van der Waals surface area contributed by atoms with E-state index in [2.05, 4.69) is 29.6 Å². The number of fused-ring (bicyclic) bond motifs is 3. The molecule has 7 nitrogen and oxygen atoms in total. The molecular weight excluding hydrogens is 444 g/mol. The van der Waals surface area contributed by atoms with E-state index in [1.807, 2.05) is 31.2 Å². The molecule has 0 bridgehead atoms. The highest BCUT2D eigenvalue weighted by Gasteiger charge is 2.40. The molecular formula is C28H32N2O5. The third-order valence-electron chi connectivity index (χ3n) is 7.93. The summed E-state index contributed by atoms with van der Waals surface area (Å²) in [5, 5.41) is 12.3. The van der Waals surface area contributed by atoms with Crippen LogP contribution in [-0.2, 0) is 14.3 Å². The molecule has 2 N–H and O–H groups in total. The Labute approximate surface area is 205 Å². The van der Waals surface area contributed by atoms with Crippen LogP contribution in [0.25, 0.3) is 11.1 Å². The number of amides is 2. The number of carboxylic acids is 1. The Morgan fingerprint density at radius 1 is 1.00 bits per heavy atom. The molecule has 1 heterocycles. The van der Waals surface area contributed by atoms with Gasteiger partial charge in [0.2, 0.25) is 5.91 Å². The van der Waals surface area contributed by atoms with Crippen molar-refractivity contribution in [1.29, 1.82) is 0 Å². The molecule has 2 aromatic rings. The van der Waals surface area contributed by atoms with E-state index in [1.165, 1.54) is 22.3 Å². The Kier molecular flexibility index (Phi) is 6.50. The molecule has 2 aliphatic carbocycles. The predicted octanol–water partition coefficient (Wildman–Crippen LogP) is 4.26. The first-order chi connectivity index (χ1) is 16.9. The number of rotatable bonds is 5. The van der Waals surface area contributed by atoms with Crippen LogP contribution in [0, 0.1) is 17.8 Å². The molecule has 2 amide bonds. The zero-order valence-electron chi connectivity index (χ0n) is 20.0. The molecule has 184 valence electrons. The Morgan fingerprint density at radius 3 is 2.29 bits per heavy atom. The summed E-state index contributed by atoms with van der Waals surface area (Å²) in [6, 6.07) is 16.3. The molecule has 3 aliphatic rings. The van der Waals surface area contributed by atoms with Crippen molar-refractivity contribution in [3.63, 3.8) is 0 Å². The van der Waals surface area contributed by atoms with Gasteiger partial charge in [0.05, 0.1) is 5.92 Å². The third kappa shape index (κ3) is 4.64. The average Bonchev–Trinajstić information content (AvgIpc) is 3.41. The van der Waals surface area contributed by atoms with E-state index in [1.54, 1.807) is 4.90 Å². The minimum Gasteiger partial charge on any atom is -0.481 e. The van der Waals surface area contributed by atoms with Crippen LogP contribution in [0.4, 0.5) is 4.79 Å². The van der Waals surface area contributed by atoms with Gasteiger partial charge in [-0.2, -0.15) is 0 Å². The maximum Gasteiger partial charge on any atom is 0.407 e. The van der Waals surface area contributed by atoms with Crippen LogP contribution in [0.2, 0.25) is 0 Å². The van der Waals surface area contributed by atoms with Gasteiger partial charge in [-0.15, -0.1) is 0 Å². The molecule has 4 atom stereocenters. The number of ether oxygens (including phenoxy) is 1. The van der Waals surface area contributed by atoms with Crippen LogP contribution < -0.4 is 5.32 Å². The number of hydrogen-bond donors (Lipinski definition) is 2. The van der Waals surface area contributed by atoms with Crippen molar-refractivity contribution in [2.24, 2.45) is 17.8 Å². The normalized spacial score (nSPS) is 25.6. The van der Waals surface area contributed by atoms with Gasteiger partial charge in [0.1, 0.15) is 6.61 Å². The first kappa shape index (κ1) is 23.4. The maximum absolute atomic E-state index is 13.1. The van der Waals surface area contributed by atoms with Crippen molar-refractivity contribution in [2.45, 2.75) is 44.6 Å². The van der Waals surface area contributed by atoms with Crippen LogP contribution in [0.3, 0.4) is 0 Å². The largest absolute Gasteiger partial charge is 0.481 e. The van der Waals surface area contributed by atoms with E-state index >= 15 is 0 Å². The zero-order valence-corrected chi connectivity index (χ0v) is 20.0. The molecule has 1 saturated heterocycles. The van der Waals surface area contributed by atoms with Crippen molar-refractivity contribution in [2.75, 3.05) is 19.7 Å². The van der Waals surface area contributed by atoms with E-state index in [4.69, 9.17) is 4.74 Å². The van der Waals surface area contributed by atoms with Crippen molar-refractivity contribution < 1.29 is 24.2 Å². The minimum atomic E-state index is -0.841. The Morgan fingerprint density at radius 2 is 1.66 bits per heavy atom. The number of hydrogen-bond acceptors (Lipinski definition) is 4. The topological polar surface area (TPSA) is 95.9 Å². The van der Waals surface area contributed by atoms with Crippen LogP contribution in [0.1, 0.15) is 49.7 Å². The maximum atomic E-state index is 13.1. The van der Waals surface area contributed by atoms with E-state index in [9.17, 15) is 19.5 Å². The number of nitrogens with one attached hydrogen (secondary N) is 1. The molecule has 0 radical (unpaired) electrons. The number of alkyl carbamates (subject to hydrolysis) is 1. The molecule has 0 unspecified atom stereocenters. The highest BCUT2D eigenvalue weighted by atomic mass is 16.5. The van der Waals surface area contributed by atoms with Crippen LogP contribution in [-0.4, -0.2) is 53.7 Å². The lowest BCUT2D eigenvalue weighted by atomic mass is 9.85. The fourth-order valence-corrected chi connectivity index (χ4v) is 6.08. The Hall–Kier alpha value is -3.35. The van der Waals surface area contributed by atoms with Crippen LogP contribution in [0.5, 0.6) is 0 Å². The number of nitrogens with zero attached hydrogens (tertiary/aromatic N) is 1. The zero-order chi connectivity index (χ0) is 24.5. The lowest BCUT2D eigenvalue weighted by molar-refractivity contribution is -0.142. The molecule has 5 rings (SSSR count). The number of carbonyl (C=O) groups excluding carboxylic acids is 2. The van der Waals surface area contributed by atoms with Crippen molar-refractivity contribution in [3.8, 4) is 11.1 Å². The van der Waals surface area contributed by atoms with Gasteiger partial charge in [-0.1, -0.05) is 61.9 Å². The molecule has 35 heavy (non-hydrogen) atoms. The quantitative estimate of drug-likeness (QED) is 0.672. The number of benzene rings is 2. The number of carboxylic acid groups (broad SMARTS) is 1. The smallest absolute Gasteiger partial charge is 0.407 e. The molecule has 2 fully saturated rings. The minimum absolute atomic E-state index is 0.00756. The summed E-state index contributed by atoms with van der Waals surface area (Å²) in [5.41, 5.74) is 4.72. The highest BCUT2D eigenvalue weighted by molar-refractivity contribution is 5.81. The number of aliphatic carboxylic acids is 1. The van der Waals surface area contributed by atoms with Gasteiger partial charge < -0.3 is 20.1 Å². The summed E-state index contributed by atoms with van der Waals surface area (Å²) in [6.07, 6.45) is 2.53. The molecule has 0 aromatic heterocycles. The summed E-state index contributed by atoms with van der Waals surface area (Å²) >= 11 is 0. The van der Waals surface area contributed by atoms with E-state index < -0.39 is 18.0 Å². The van der Waals surface area contributed by atoms with Crippen molar-refractivity contribution >= 4 is 18.0 Å². The van der Waals surface area contributed by atoms with E-state index in [0.29, 0.717) is 13.0 Å². The van der Waals surface area contributed by atoms with E-state index in [0.717, 1.165) is 19.3 Å². The van der Waals surface area contributed by atoms with Gasteiger partial charge in [0, 0.05) is 31.0 Å². The fourth-order valence-electron chi connectivity index (χ4n) is 6.08. The lowest BCUT2D eigenvalue weighted by Gasteiger charge is -2.31. The Bertz CT molecular complexity index is 1090. The first-order valence-corrected chi connectivity index (χ1v) is 12.6. The van der Waals surface area contributed by atoms with Crippen LogP contribution >= 0.6 is 0 Å². The predicted molar refractivity (Wildman–Crippen MR) is 131 cm³/mol. The van der Waals surface area contributed by atoms with E-state index in [-0.39, 0.29) is 42.9 Å². The number of likely N-dealkylation sites (tertiary alicyclic amines) is 1. The SMILES string of the molecule is C[C@@H]1CN(C(=O)[C@@H]2CCC[C@H](NC(=O)OCC3c4ccccc4-c4ccccc43)C2)C[C@H]1C(=O)O. The summed E-state index contributed by atoms with van der Waals surface area (Å²) in [6.45, 7) is 2.90. The molecule has 2 aromatic carbocycles. The van der Waals surface area contributed by atoms with Crippen molar-refractivity contribution in [1.82, 2.24) is 10.2 Å². The number of carbonyl (C=O) groups is 3. The van der Waals surface area contributed by atoms with Crippen molar-refractivity contribution in [3.05, 3.63) is 59.7 Å². The highest BCUT2D eigenvalue weighted by Crippen LogP contribution is 2.44. The fraction of sp³-hybridized carbons (Fsp3) is 0.464. The molecule has 1 saturated carbocycles. The summed E-state index contributed by atoms with van der Waals surface area (Å²) < 4.78 is 5.68. The second-order valence-corrected chi connectivity index (χ2v) is 10.2. The van der Waals surface area contributed by atoms with Gasteiger partial charge in [-0.3, -0.25) is 9.59 Å². The van der Waals surface area contributed by atoms with Gasteiger partial charge >= 0.3 is 12.1 Å². The second kappa shape index (κ2) is 9.72. The van der Waals surface area contributed by atoms with Gasteiger partial charge in [-0.25, -0.2) is 4.79 Å². The second-order valence-electron chi connectivity index (χ2n) is 10.2. The summed E-state index contributed by atoms with van der Waals surface area (Å²) in [5.74, 6) is -1.56. The van der Waals surface area contributed by atoms with Gasteiger partial charge in [0.15, 0.2) is 0 Å². The monoisotopic (exact) mass is 476 g/mol. The summed E-state index contributed by atoms with van der Waals surface area (Å²) in [7, 11) is 0. The summed E-state index contributed by atoms with van der Waals surface area (Å²) in [4.78, 5) is 38.9. The Balaban J connectivity index is 1.16. The van der Waals surface area contributed by atoms with Gasteiger partial charge in [0.25, 0.3) is 0 Å². The molecule has 1 aliphatic heterocycles. The third-order valence-corrected chi connectivity index (χ3v) is 7.93. The average molecular weight is 477 g/mol. The standard InChI is InChI=1S/C28H32N2O5/c1-17-14-30(15-24(17)27(32)33)26(31)18-7-6-8-19(13-18)29-28(34)35-16-25-22-11-4-2-9-20(22)21-10-3-5-12-23(21)25/h2-5,9-12,17-19,24-25H,6-8,13-16H2,1H3,(H,29,34)(H,32,33)/t17-,18-,19+,24-/m1/s1. The lowest BCUT2D eigenvalue weighted by Crippen LogP contribution is -2.43. The molecule has 7 heteroatoms.